The molecule has 0 unspecified atom stereocenters. The number of para-hydroxylation sites is 1. The SMILES string of the molecule is O=C(O)Cn1cc(NC(=O)c2cc3ccccc3[nH]2)nn1. The van der Waals surface area contributed by atoms with E-state index in [1.807, 2.05) is 24.3 Å². The number of anilines is 1. The Labute approximate surface area is 118 Å². The molecule has 0 radical (unpaired) electrons. The van der Waals surface area contributed by atoms with Gasteiger partial charge >= 0.3 is 5.97 Å². The lowest BCUT2D eigenvalue weighted by atomic mass is 10.2. The van der Waals surface area contributed by atoms with Crippen LogP contribution in [0.3, 0.4) is 0 Å². The third-order valence-electron chi connectivity index (χ3n) is 2.85. The topological polar surface area (TPSA) is 113 Å². The van der Waals surface area contributed by atoms with E-state index >= 15 is 0 Å². The fourth-order valence-corrected chi connectivity index (χ4v) is 1.95. The van der Waals surface area contributed by atoms with E-state index in [1.165, 1.54) is 6.20 Å². The molecule has 106 valence electrons. The summed E-state index contributed by atoms with van der Waals surface area (Å²) in [5.74, 6) is -1.21. The largest absolute Gasteiger partial charge is 0.480 e. The number of aromatic nitrogens is 4. The standard InChI is InChI=1S/C13H11N5O3/c19-12(20)7-18-6-11(16-17-18)15-13(21)10-5-8-3-1-2-4-9(8)14-10/h1-6,14H,7H2,(H,15,21)(H,19,20). The molecule has 3 N–H and O–H groups in total. The molecule has 0 atom stereocenters. The number of rotatable bonds is 4. The number of carbonyl (C=O) groups excluding carboxylic acids is 1. The summed E-state index contributed by atoms with van der Waals surface area (Å²) in [6.07, 6.45) is 1.36. The van der Waals surface area contributed by atoms with Gasteiger partial charge in [0.25, 0.3) is 5.91 Å². The summed E-state index contributed by atoms with van der Waals surface area (Å²) < 4.78 is 1.13. The van der Waals surface area contributed by atoms with Gasteiger partial charge in [0, 0.05) is 10.9 Å². The average Bonchev–Trinajstić information content (AvgIpc) is 3.04. The van der Waals surface area contributed by atoms with Gasteiger partial charge in [-0.25, -0.2) is 4.68 Å². The molecule has 0 aliphatic carbocycles. The molecule has 8 heteroatoms. The van der Waals surface area contributed by atoms with Crippen molar-refractivity contribution in [1.82, 2.24) is 20.0 Å². The van der Waals surface area contributed by atoms with Crippen LogP contribution in [-0.2, 0) is 11.3 Å². The van der Waals surface area contributed by atoms with E-state index in [2.05, 4.69) is 20.6 Å². The van der Waals surface area contributed by atoms with Crippen LogP contribution in [0.15, 0.2) is 36.5 Å². The van der Waals surface area contributed by atoms with Crippen LogP contribution in [0.2, 0.25) is 0 Å². The Morgan fingerprint density at radius 2 is 2.14 bits per heavy atom. The maximum atomic E-state index is 12.1. The summed E-state index contributed by atoms with van der Waals surface area (Å²) in [4.78, 5) is 25.6. The molecule has 0 saturated heterocycles. The van der Waals surface area contributed by atoms with Crippen molar-refractivity contribution in [2.24, 2.45) is 0 Å². The van der Waals surface area contributed by atoms with Crippen LogP contribution in [0, 0.1) is 0 Å². The fraction of sp³-hybridized carbons (Fsp3) is 0.0769. The average molecular weight is 285 g/mol. The lowest BCUT2D eigenvalue weighted by Crippen LogP contribution is -2.12. The van der Waals surface area contributed by atoms with Crippen molar-refractivity contribution in [3.05, 3.63) is 42.2 Å². The van der Waals surface area contributed by atoms with Crippen molar-refractivity contribution in [2.75, 3.05) is 5.32 Å². The second kappa shape index (κ2) is 5.08. The van der Waals surface area contributed by atoms with Gasteiger partial charge in [-0.05, 0) is 12.1 Å². The highest BCUT2D eigenvalue weighted by atomic mass is 16.4. The number of H-pyrrole nitrogens is 1. The van der Waals surface area contributed by atoms with Crippen LogP contribution in [-0.4, -0.2) is 37.0 Å². The number of hydrogen-bond acceptors (Lipinski definition) is 4. The molecule has 1 aromatic carbocycles. The van der Waals surface area contributed by atoms with Crippen molar-refractivity contribution >= 4 is 28.6 Å². The fourth-order valence-electron chi connectivity index (χ4n) is 1.95. The number of amides is 1. The van der Waals surface area contributed by atoms with Gasteiger partial charge in [-0.3, -0.25) is 9.59 Å². The van der Waals surface area contributed by atoms with Gasteiger partial charge in [-0.1, -0.05) is 23.4 Å². The number of hydrogen-bond donors (Lipinski definition) is 3. The number of nitrogens with one attached hydrogen (secondary N) is 2. The Bertz CT molecular complexity index is 787. The smallest absolute Gasteiger partial charge is 0.325 e. The van der Waals surface area contributed by atoms with Crippen LogP contribution in [0.25, 0.3) is 10.9 Å². The third kappa shape index (κ3) is 2.73. The molecule has 0 fully saturated rings. The van der Waals surface area contributed by atoms with Crippen LogP contribution in [0.5, 0.6) is 0 Å². The second-order valence-corrected chi connectivity index (χ2v) is 4.42. The van der Waals surface area contributed by atoms with Crippen LogP contribution >= 0.6 is 0 Å². The predicted molar refractivity (Wildman–Crippen MR) is 73.9 cm³/mol. The minimum Gasteiger partial charge on any atom is -0.480 e. The van der Waals surface area contributed by atoms with Gasteiger partial charge in [0.2, 0.25) is 0 Å². The molecule has 2 aromatic heterocycles. The van der Waals surface area contributed by atoms with Crippen LogP contribution in [0.4, 0.5) is 5.82 Å². The maximum absolute atomic E-state index is 12.1. The summed E-state index contributed by atoms with van der Waals surface area (Å²) in [6, 6.07) is 9.25. The monoisotopic (exact) mass is 285 g/mol. The number of carbonyl (C=O) groups is 2. The quantitative estimate of drug-likeness (QED) is 0.664. The molecular weight excluding hydrogens is 274 g/mol. The Hall–Kier alpha value is -3.16. The van der Waals surface area contributed by atoms with E-state index in [4.69, 9.17) is 5.11 Å². The molecule has 0 aliphatic rings. The van der Waals surface area contributed by atoms with E-state index in [1.54, 1.807) is 6.07 Å². The van der Waals surface area contributed by atoms with Gasteiger partial charge in [-0.15, -0.1) is 5.10 Å². The van der Waals surface area contributed by atoms with Gasteiger partial charge in [-0.2, -0.15) is 0 Å². The van der Waals surface area contributed by atoms with Gasteiger partial charge in [0.1, 0.15) is 12.2 Å². The molecule has 0 aliphatic heterocycles. The van der Waals surface area contributed by atoms with Crippen molar-refractivity contribution < 1.29 is 14.7 Å². The number of aliphatic carboxylic acids is 1. The Morgan fingerprint density at radius 1 is 1.33 bits per heavy atom. The number of fused-ring (bicyclic) bond motifs is 1. The summed E-state index contributed by atoms with van der Waals surface area (Å²) in [5, 5.41) is 19.4. The summed E-state index contributed by atoms with van der Waals surface area (Å²) in [7, 11) is 0. The maximum Gasteiger partial charge on any atom is 0.325 e. The van der Waals surface area contributed by atoms with Crippen molar-refractivity contribution in [3.63, 3.8) is 0 Å². The summed E-state index contributed by atoms with van der Waals surface area (Å²) in [6.45, 7) is -0.310. The third-order valence-corrected chi connectivity index (χ3v) is 2.85. The highest BCUT2D eigenvalue weighted by Gasteiger charge is 2.12. The first-order valence-corrected chi connectivity index (χ1v) is 6.13. The Balaban J connectivity index is 1.76. The first kappa shape index (κ1) is 12.9. The highest BCUT2D eigenvalue weighted by molar-refractivity contribution is 6.05. The second-order valence-electron chi connectivity index (χ2n) is 4.42. The van der Waals surface area contributed by atoms with E-state index in [0.717, 1.165) is 15.6 Å². The molecule has 21 heavy (non-hydrogen) atoms. The van der Waals surface area contributed by atoms with Gasteiger partial charge < -0.3 is 15.4 Å². The Morgan fingerprint density at radius 3 is 2.90 bits per heavy atom. The minimum absolute atomic E-state index is 0.194. The lowest BCUT2D eigenvalue weighted by Gasteiger charge is -1.97. The van der Waals surface area contributed by atoms with Crippen molar-refractivity contribution in [2.45, 2.75) is 6.54 Å². The van der Waals surface area contributed by atoms with E-state index in [9.17, 15) is 9.59 Å². The predicted octanol–water partition coefficient (Wildman–Crippen LogP) is 1.10. The zero-order chi connectivity index (χ0) is 14.8. The molecule has 3 aromatic rings. The van der Waals surface area contributed by atoms with Crippen molar-refractivity contribution in [1.29, 1.82) is 0 Å². The zero-order valence-corrected chi connectivity index (χ0v) is 10.8. The summed E-state index contributed by atoms with van der Waals surface area (Å²) in [5.41, 5.74) is 1.25. The molecule has 0 bridgehead atoms. The number of aromatic amines is 1. The molecule has 1 amide bonds. The number of carboxylic acid groups (broad SMARTS) is 1. The van der Waals surface area contributed by atoms with Crippen LogP contribution in [0.1, 0.15) is 10.5 Å². The van der Waals surface area contributed by atoms with E-state index in [-0.39, 0.29) is 18.3 Å². The molecule has 8 nitrogen and oxygen atoms in total. The number of nitrogens with zero attached hydrogens (tertiary/aromatic N) is 3. The van der Waals surface area contributed by atoms with Crippen molar-refractivity contribution in [3.8, 4) is 0 Å². The lowest BCUT2D eigenvalue weighted by molar-refractivity contribution is -0.137. The number of carboxylic acids is 1. The minimum atomic E-state index is -1.03. The van der Waals surface area contributed by atoms with Crippen LogP contribution < -0.4 is 5.32 Å². The Kier molecular flexibility index (Phi) is 3.11. The normalized spacial score (nSPS) is 10.7. The van der Waals surface area contributed by atoms with Gasteiger partial charge in [0.15, 0.2) is 5.82 Å². The molecule has 0 saturated carbocycles. The highest BCUT2D eigenvalue weighted by Crippen LogP contribution is 2.15. The van der Waals surface area contributed by atoms with E-state index < -0.39 is 5.97 Å². The first-order chi connectivity index (χ1) is 10.1. The molecule has 3 rings (SSSR count). The molecular formula is C13H11N5O3. The molecule has 0 spiro atoms. The zero-order valence-electron chi connectivity index (χ0n) is 10.8. The molecule has 2 heterocycles. The first-order valence-electron chi connectivity index (χ1n) is 6.13. The number of benzene rings is 1. The van der Waals surface area contributed by atoms with Gasteiger partial charge in [0.05, 0.1) is 6.20 Å². The summed E-state index contributed by atoms with van der Waals surface area (Å²) >= 11 is 0. The van der Waals surface area contributed by atoms with E-state index in [0.29, 0.717) is 5.69 Å².